The number of anilines is 1. The van der Waals surface area contributed by atoms with Crippen LogP contribution in [0.4, 0.5) is 27.8 Å². The minimum Gasteiger partial charge on any atom is -0.391 e. The van der Waals surface area contributed by atoms with E-state index in [-0.39, 0.29) is 52.3 Å². The molecule has 0 bridgehead atoms. The van der Waals surface area contributed by atoms with Crippen molar-refractivity contribution in [2.24, 2.45) is 10.2 Å². The van der Waals surface area contributed by atoms with Crippen LogP contribution < -0.4 is 4.90 Å². The maximum Gasteiger partial charge on any atom is 0.442 e. The van der Waals surface area contributed by atoms with Crippen LogP contribution in [0.2, 0.25) is 0 Å². The Morgan fingerprint density at radius 1 is 1.00 bits per heavy atom. The molecule has 0 unspecified atom stereocenters. The summed E-state index contributed by atoms with van der Waals surface area (Å²) in [5.74, 6) is -2.02. The Kier molecular flexibility index (Phi) is 5.81. The second-order valence-electron chi connectivity index (χ2n) is 9.45. The molecule has 2 aromatic heterocycles. The second-order valence-corrected chi connectivity index (χ2v) is 9.45. The Bertz CT molecular complexity index is 1670. The summed E-state index contributed by atoms with van der Waals surface area (Å²) in [4.78, 5) is 10.8. The smallest absolute Gasteiger partial charge is 0.391 e. The van der Waals surface area contributed by atoms with Crippen LogP contribution >= 0.6 is 0 Å². The monoisotopic (exact) mass is 554 g/mol. The predicted octanol–water partition coefficient (Wildman–Crippen LogP) is 4.14. The van der Waals surface area contributed by atoms with Gasteiger partial charge in [-0.25, -0.2) is 9.97 Å². The third-order valence-corrected chi connectivity index (χ3v) is 6.85. The van der Waals surface area contributed by atoms with Gasteiger partial charge in [-0.1, -0.05) is 48.4 Å². The zero-order chi connectivity index (χ0) is 28.3. The summed E-state index contributed by atoms with van der Waals surface area (Å²) >= 11 is 0. The van der Waals surface area contributed by atoms with Crippen molar-refractivity contribution in [3.63, 3.8) is 0 Å². The zero-order valence-corrected chi connectivity index (χ0v) is 20.5. The summed E-state index contributed by atoms with van der Waals surface area (Å²) in [7, 11) is 0. The number of terminal acetylenes is 1. The van der Waals surface area contributed by atoms with E-state index in [1.54, 1.807) is 11.0 Å². The first kappa shape index (κ1) is 25.8. The molecule has 9 nitrogen and oxygen atoms in total. The van der Waals surface area contributed by atoms with Crippen molar-refractivity contribution in [1.82, 2.24) is 25.0 Å². The van der Waals surface area contributed by atoms with Gasteiger partial charge in [0.1, 0.15) is 0 Å². The molecule has 2 aliphatic heterocycles. The predicted molar refractivity (Wildman–Crippen MR) is 131 cm³/mol. The summed E-state index contributed by atoms with van der Waals surface area (Å²) in [5, 5.41) is 25.2. The van der Waals surface area contributed by atoms with Crippen molar-refractivity contribution in [2.45, 2.75) is 36.8 Å². The number of aromatic nitrogens is 5. The highest BCUT2D eigenvalue weighted by molar-refractivity contribution is 5.83. The van der Waals surface area contributed by atoms with E-state index in [0.29, 0.717) is 13.0 Å². The summed E-state index contributed by atoms with van der Waals surface area (Å²) in [6, 6.07) is 11.1. The number of hydrogen-bond acceptors (Lipinski definition) is 8. The minimum atomic E-state index is -4.80. The molecule has 0 radical (unpaired) electrons. The molecule has 0 spiro atoms. The number of halogens is 5. The lowest BCUT2D eigenvalue weighted by molar-refractivity contribution is -0.166. The molecule has 14 heteroatoms. The van der Waals surface area contributed by atoms with Crippen molar-refractivity contribution in [3.05, 3.63) is 76.6 Å². The van der Waals surface area contributed by atoms with E-state index >= 15 is 8.78 Å². The Hall–Kier alpha value is -4.51. The van der Waals surface area contributed by atoms with Crippen molar-refractivity contribution in [1.29, 1.82) is 0 Å². The maximum atomic E-state index is 15.5. The molecular formula is C26H19F5N8O. The van der Waals surface area contributed by atoms with E-state index < -0.39 is 29.7 Å². The van der Waals surface area contributed by atoms with Crippen LogP contribution in [0.25, 0.3) is 11.2 Å². The van der Waals surface area contributed by atoms with Crippen LogP contribution in [0.3, 0.4) is 0 Å². The van der Waals surface area contributed by atoms with Gasteiger partial charge in [-0.05, 0) is 18.1 Å². The molecule has 1 saturated heterocycles. The first-order valence-corrected chi connectivity index (χ1v) is 12.1. The third kappa shape index (κ3) is 4.13. The number of hydrogen-bond donors (Lipinski definition) is 1. The third-order valence-electron chi connectivity index (χ3n) is 6.85. The molecule has 0 saturated carbocycles. The van der Waals surface area contributed by atoms with Crippen molar-refractivity contribution in [2.75, 3.05) is 18.0 Å². The fourth-order valence-electron chi connectivity index (χ4n) is 4.76. The average molecular weight is 554 g/mol. The number of alkyl halides is 5. The molecule has 0 amide bonds. The average Bonchev–Trinajstić information content (AvgIpc) is 3.49. The normalized spacial score (nSPS) is 18.3. The largest absolute Gasteiger partial charge is 0.442 e. The van der Waals surface area contributed by atoms with Gasteiger partial charge in [0.15, 0.2) is 11.3 Å². The van der Waals surface area contributed by atoms with E-state index in [4.69, 9.17) is 6.42 Å². The molecule has 4 aromatic rings. The van der Waals surface area contributed by atoms with E-state index in [1.165, 1.54) is 42.5 Å². The highest BCUT2D eigenvalue weighted by Gasteiger charge is 2.66. The van der Waals surface area contributed by atoms with E-state index in [1.807, 2.05) is 0 Å². The molecule has 2 aliphatic rings. The number of aliphatic hydroxyl groups is 1. The van der Waals surface area contributed by atoms with Crippen LogP contribution in [0.15, 0.2) is 58.8 Å². The molecule has 2 aromatic carbocycles. The molecule has 6 rings (SSSR count). The van der Waals surface area contributed by atoms with Crippen molar-refractivity contribution >= 4 is 17.0 Å². The van der Waals surface area contributed by atoms with Gasteiger partial charge in [0.05, 0.1) is 12.6 Å². The highest BCUT2D eigenvalue weighted by atomic mass is 19.4. The number of benzene rings is 2. The van der Waals surface area contributed by atoms with E-state index in [0.717, 1.165) is 4.80 Å². The van der Waals surface area contributed by atoms with Crippen LogP contribution in [0, 0.1) is 12.3 Å². The molecule has 0 aliphatic carbocycles. The fraction of sp³-hybridized carbons (Fsp3) is 0.308. The second kappa shape index (κ2) is 9.02. The molecule has 1 fully saturated rings. The van der Waals surface area contributed by atoms with Gasteiger partial charge >= 0.3 is 17.8 Å². The number of rotatable bonds is 6. The summed E-state index contributed by atoms with van der Waals surface area (Å²) < 4.78 is 72.6. The fourth-order valence-corrected chi connectivity index (χ4v) is 4.76. The molecule has 1 atom stereocenters. The standard InChI is InChI=1S/C26H19F5N8O/c1-2-15-7-6-10-19(25(36-37-25)26(29,30)31)18(15)14-39-34-20-21(35-39)32-23(24(27,28)16-8-4-3-5-9-16)33-22(20)38-12-11-17(40)13-38/h1,3-10,17,40H,11-14H2/t17-/m0/s1. The first-order chi connectivity index (χ1) is 19.0. The minimum absolute atomic E-state index is 0.0304. The molecule has 4 heterocycles. The molecule has 1 N–H and O–H groups in total. The van der Waals surface area contributed by atoms with E-state index in [9.17, 15) is 18.3 Å². The van der Waals surface area contributed by atoms with Gasteiger partial charge in [-0.15, -0.1) is 26.8 Å². The maximum absolute atomic E-state index is 15.5. The molecule has 204 valence electrons. The van der Waals surface area contributed by atoms with Gasteiger partial charge in [0.2, 0.25) is 11.5 Å². The Morgan fingerprint density at radius 2 is 1.75 bits per heavy atom. The van der Waals surface area contributed by atoms with Gasteiger partial charge in [-0.3, -0.25) is 0 Å². The van der Waals surface area contributed by atoms with E-state index in [2.05, 4.69) is 36.3 Å². The number of nitrogens with zero attached hydrogens (tertiary/aromatic N) is 8. The van der Waals surface area contributed by atoms with Gasteiger partial charge in [-0.2, -0.15) is 26.7 Å². The summed E-state index contributed by atoms with van der Waals surface area (Å²) in [5.41, 5.74) is -3.31. The van der Waals surface area contributed by atoms with Crippen LogP contribution in [0.1, 0.15) is 34.5 Å². The molecular weight excluding hydrogens is 535 g/mol. The highest BCUT2D eigenvalue weighted by Crippen LogP contribution is 2.53. The van der Waals surface area contributed by atoms with Crippen molar-refractivity contribution < 1.29 is 27.1 Å². The van der Waals surface area contributed by atoms with Gasteiger partial charge in [0.25, 0.3) is 0 Å². The SMILES string of the molecule is C#Cc1cccc(C2(C(F)(F)F)N=N2)c1Cn1nc2nc(C(F)(F)c3ccccc3)nc(N3CC[C@H](O)C3)c2n1. The summed E-state index contributed by atoms with van der Waals surface area (Å²) in [6.45, 7) is 0.0929. The van der Waals surface area contributed by atoms with Gasteiger partial charge < -0.3 is 10.0 Å². The Labute approximate surface area is 223 Å². The number of fused-ring (bicyclic) bond motifs is 1. The summed E-state index contributed by atoms with van der Waals surface area (Å²) in [6.07, 6.45) is 0.467. The van der Waals surface area contributed by atoms with Crippen LogP contribution in [-0.4, -0.2) is 55.4 Å². The molecule has 40 heavy (non-hydrogen) atoms. The lowest BCUT2D eigenvalue weighted by Gasteiger charge is -2.20. The first-order valence-electron chi connectivity index (χ1n) is 12.1. The van der Waals surface area contributed by atoms with Crippen LogP contribution in [0.5, 0.6) is 0 Å². The quantitative estimate of drug-likeness (QED) is 0.284. The Morgan fingerprint density at radius 3 is 2.38 bits per heavy atom. The van der Waals surface area contributed by atoms with Crippen LogP contribution in [-0.2, 0) is 18.1 Å². The number of β-amino-alcohol motifs (C(OH)–C–C–N with tert-alkyl or cyclic N) is 1. The van der Waals surface area contributed by atoms with Crippen molar-refractivity contribution in [3.8, 4) is 12.3 Å². The Balaban J connectivity index is 1.48. The van der Waals surface area contributed by atoms with Gasteiger partial charge in [0, 0.05) is 29.8 Å². The lowest BCUT2D eigenvalue weighted by atomic mass is 9.93. The zero-order valence-electron chi connectivity index (χ0n) is 20.5. The lowest BCUT2D eigenvalue weighted by Crippen LogP contribution is -2.32. The topological polar surface area (TPSA) is 105 Å². The number of aliphatic hydroxyl groups excluding tert-OH is 1.